The number of hydrogen-bond acceptors (Lipinski definition) is 6. The summed E-state index contributed by atoms with van der Waals surface area (Å²) >= 11 is 0. The number of methoxy groups -OCH3 is 1. The summed E-state index contributed by atoms with van der Waals surface area (Å²) in [6.45, 7) is 2.00. The first-order chi connectivity index (χ1) is 16.5. The van der Waals surface area contributed by atoms with Gasteiger partial charge in [0.25, 0.3) is 0 Å². The lowest BCUT2D eigenvalue weighted by Gasteiger charge is -2.44. The summed E-state index contributed by atoms with van der Waals surface area (Å²) in [6, 6.07) is 16.8. The van der Waals surface area contributed by atoms with Crippen LogP contribution in [-0.2, 0) is 0 Å². The lowest BCUT2D eigenvalue weighted by atomic mass is 9.91. The molecule has 34 heavy (non-hydrogen) atoms. The van der Waals surface area contributed by atoms with Crippen LogP contribution in [0.3, 0.4) is 0 Å². The molecule has 176 valence electrons. The Morgan fingerprint density at radius 1 is 1.00 bits per heavy atom. The van der Waals surface area contributed by atoms with Gasteiger partial charge in [-0.05, 0) is 69.0 Å². The lowest BCUT2D eigenvalue weighted by Crippen LogP contribution is -2.54. The van der Waals surface area contributed by atoms with E-state index in [2.05, 4.69) is 10.3 Å². The third-order valence-electron chi connectivity index (χ3n) is 6.69. The van der Waals surface area contributed by atoms with Crippen molar-refractivity contribution in [1.29, 1.82) is 0 Å². The number of carbonyl (C=O) groups excluding carboxylic acids is 1. The molecule has 1 atom stereocenters. The number of aromatic nitrogens is 2. The predicted molar refractivity (Wildman–Crippen MR) is 132 cm³/mol. The number of aliphatic hydroxyl groups excluding tert-OH is 1. The molecule has 2 amide bonds. The molecule has 0 radical (unpaired) electrons. The van der Waals surface area contributed by atoms with E-state index in [1.807, 2.05) is 72.6 Å². The van der Waals surface area contributed by atoms with Crippen LogP contribution in [0.1, 0.15) is 44.2 Å². The van der Waals surface area contributed by atoms with Gasteiger partial charge in [-0.3, -0.25) is 9.80 Å². The lowest BCUT2D eigenvalue weighted by molar-refractivity contribution is 0.122. The molecular formula is C26H29N5O3. The van der Waals surface area contributed by atoms with Crippen LogP contribution < -0.4 is 19.9 Å². The van der Waals surface area contributed by atoms with E-state index >= 15 is 0 Å². The Balaban J connectivity index is 1.55. The zero-order valence-electron chi connectivity index (χ0n) is 19.4. The van der Waals surface area contributed by atoms with Gasteiger partial charge >= 0.3 is 6.03 Å². The molecule has 1 saturated carbocycles. The van der Waals surface area contributed by atoms with Gasteiger partial charge in [-0.25, -0.2) is 9.78 Å². The topological polar surface area (TPSA) is 90.8 Å². The fraction of sp³-hybridized carbons (Fsp3) is 0.346. The molecule has 1 aliphatic carbocycles. The number of benzene rings is 2. The van der Waals surface area contributed by atoms with Crippen LogP contribution in [0.4, 0.5) is 27.9 Å². The average Bonchev–Trinajstić information content (AvgIpc) is 2.86. The monoisotopic (exact) mass is 459 g/mol. The Kier molecular flexibility index (Phi) is 6.06. The Morgan fingerprint density at radius 2 is 1.71 bits per heavy atom. The van der Waals surface area contributed by atoms with Gasteiger partial charge in [-0.2, -0.15) is 4.98 Å². The van der Waals surface area contributed by atoms with Crippen LogP contribution >= 0.6 is 0 Å². The molecule has 1 aromatic heterocycles. The summed E-state index contributed by atoms with van der Waals surface area (Å²) in [5.41, 5.74) is 2.56. The number of aliphatic hydroxyl groups is 1. The number of nitrogens with zero attached hydrogens (tertiary/aromatic N) is 4. The van der Waals surface area contributed by atoms with E-state index in [9.17, 15) is 9.90 Å². The first kappa shape index (κ1) is 22.2. The van der Waals surface area contributed by atoms with E-state index in [1.54, 1.807) is 12.0 Å². The normalized spacial score (nSPS) is 22.3. The van der Waals surface area contributed by atoms with E-state index in [1.165, 1.54) is 0 Å². The number of amides is 2. The second kappa shape index (κ2) is 9.30. The standard InChI is InChI=1S/C26H29N5O3/c1-17-23-16-27-25(28-18-6-4-3-5-7-18)29-24(23)31(20-8-12-21(32)13-9-20)26(33)30(17)19-10-14-22(34-2)15-11-19/h3-7,10-11,14-17,20-21,32H,8-9,12-13H2,1-2H3,(H,27,28,29)/t17?,20-,21-. The first-order valence-corrected chi connectivity index (χ1v) is 11.7. The summed E-state index contributed by atoms with van der Waals surface area (Å²) in [6.07, 6.45) is 4.29. The maximum Gasteiger partial charge on any atom is 0.330 e. The molecule has 5 rings (SSSR count). The molecule has 0 saturated heterocycles. The van der Waals surface area contributed by atoms with Crippen molar-refractivity contribution in [3.05, 3.63) is 66.4 Å². The van der Waals surface area contributed by atoms with Crippen molar-refractivity contribution in [1.82, 2.24) is 9.97 Å². The first-order valence-electron chi connectivity index (χ1n) is 11.7. The van der Waals surface area contributed by atoms with Crippen molar-refractivity contribution in [3.8, 4) is 5.75 Å². The minimum absolute atomic E-state index is 0.0395. The molecule has 2 N–H and O–H groups in total. The third-order valence-corrected chi connectivity index (χ3v) is 6.69. The number of urea groups is 1. The molecule has 0 spiro atoms. The zero-order valence-corrected chi connectivity index (χ0v) is 19.4. The zero-order chi connectivity index (χ0) is 23.7. The highest BCUT2D eigenvalue weighted by atomic mass is 16.5. The summed E-state index contributed by atoms with van der Waals surface area (Å²) < 4.78 is 5.29. The van der Waals surface area contributed by atoms with Crippen molar-refractivity contribution in [2.24, 2.45) is 0 Å². The Labute approximate surface area is 199 Å². The maximum atomic E-state index is 14.0. The second-order valence-corrected chi connectivity index (χ2v) is 8.82. The van der Waals surface area contributed by atoms with E-state index in [-0.39, 0.29) is 24.2 Å². The molecule has 2 heterocycles. The van der Waals surface area contributed by atoms with Gasteiger partial charge in [0.15, 0.2) is 0 Å². The van der Waals surface area contributed by atoms with Gasteiger partial charge in [0, 0.05) is 29.2 Å². The van der Waals surface area contributed by atoms with Crippen LogP contribution in [0, 0.1) is 0 Å². The van der Waals surface area contributed by atoms with Gasteiger partial charge in [0.1, 0.15) is 11.6 Å². The summed E-state index contributed by atoms with van der Waals surface area (Å²) in [7, 11) is 1.62. The van der Waals surface area contributed by atoms with Crippen molar-refractivity contribution in [3.63, 3.8) is 0 Å². The minimum atomic E-state index is -0.312. The van der Waals surface area contributed by atoms with Crippen molar-refractivity contribution >= 4 is 29.2 Å². The number of carbonyl (C=O) groups is 1. The smallest absolute Gasteiger partial charge is 0.330 e. The van der Waals surface area contributed by atoms with E-state index in [0.29, 0.717) is 24.6 Å². The Bertz CT molecular complexity index is 1150. The molecule has 1 fully saturated rings. The highest BCUT2D eigenvalue weighted by Gasteiger charge is 2.42. The van der Waals surface area contributed by atoms with E-state index < -0.39 is 0 Å². The number of para-hydroxylation sites is 1. The molecule has 1 unspecified atom stereocenters. The van der Waals surface area contributed by atoms with Crippen LogP contribution in [0.25, 0.3) is 0 Å². The van der Waals surface area contributed by atoms with Crippen LogP contribution in [-0.4, -0.2) is 40.4 Å². The quantitative estimate of drug-likeness (QED) is 0.556. The molecule has 2 aromatic carbocycles. The molecular weight excluding hydrogens is 430 g/mol. The van der Waals surface area contributed by atoms with Crippen LogP contribution in [0.5, 0.6) is 5.75 Å². The van der Waals surface area contributed by atoms with Gasteiger partial charge in [-0.1, -0.05) is 18.2 Å². The number of fused-ring (bicyclic) bond motifs is 1. The summed E-state index contributed by atoms with van der Waals surface area (Å²) in [4.78, 5) is 27.0. The van der Waals surface area contributed by atoms with Gasteiger partial charge in [0.05, 0.1) is 19.3 Å². The summed E-state index contributed by atoms with van der Waals surface area (Å²) in [5.74, 6) is 1.82. The highest BCUT2D eigenvalue weighted by molar-refractivity contribution is 6.06. The maximum absolute atomic E-state index is 14.0. The number of anilines is 4. The average molecular weight is 460 g/mol. The van der Waals surface area contributed by atoms with E-state index in [4.69, 9.17) is 9.72 Å². The number of hydrogen-bond donors (Lipinski definition) is 2. The summed E-state index contributed by atoms with van der Waals surface area (Å²) in [5, 5.41) is 13.3. The minimum Gasteiger partial charge on any atom is -0.497 e. The van der Waals surface area contributed by atoms with Crippen molar-refractivity contribution < 1.29 is 14.6 Å². The Hall–Kier alpha value is -3.65. The number of rotatable bonds is 5. The number of ether oxygens (including phenoxy) is 1. The highest BCUT2D eigenvalue weighted by Crippen LogP contribution is 2.41. The molecule has 2 aliphatic rings. The fourth-order valence-electron chi connectivity index (χ4n) is 4.81. The molecule has 8 heteroatoms. The van der Waals surface area contributed by atoms with Crippen molar-refractivity contribution in [2.45, 2.75) is 50.8 Å². The molecule has 8 nitrogen and oxygen atoms in total. The van der Waals surface area contributed by atoms with Gasteiger partial charge in [-0.15, -0.1) is 0 Å². The second-order valence-electron chi connectivity index (χ2n) is 8.82. The van der Waals surface area contributed by atoms with Crippen LogP contribution in [0.2, 0.25) is 0 Å². The Morgan fingerprint density at radius 3 is 2.38 bits per heavy atom. The van der Waals surface area contributed by atoms with E-state index in [0.717, 1.165) is 35.5 Å². The SMILES string of the molecule is COc1ccc(N2C(=O)N([C@H]3CC[C@H](O)CC3)c3nc(Nc4ccccc4)ncc3C2C)cc1. The van der Waals surface area contributed by atoms with Crippen LogP contribution in [0.15, 0.2) is 60.8 Å². The van der Waals surface area contributed by atoms with Gasteiger partial charge < -0.3 is 15.2 Å². The van der Waals surface area contributed by atoms with Gasteiger partial charge in [0.2, 0.25) is 5.95 Å². The molecule has 1 aliphatic heterocycles. The fourth-order valence-corrected chi connectivity index (χ4v) is 4.81. The third kappa shape index (κ3) is 4.17. The predicted octanol–water partition coefficient (Wildman–Crippen LogP) is 5.04. The van der Waals surface area contributed by atoms with Crippen molar-refractivity contribution in [2.75, 3.05) is 22.2 Å². The number of nitrogens with one attached hydrogen (secondary N) is 1. The molecule has 0 bridgehead atoms. The molecule has 3 aromatic rings. The largest absolute Gasteiger partial charge is 0.497 e.